The number of aliphatic imine (C=N–C) groups is 1. The lowest BCUT2D eigenvalue weighted by Crippen LogP contribution is -2.59. The fraction of sp³-hybridized carbons (Fsp3) is 0.800. The molecule has 2 N–H and O–H groups in total. The molecule has 3 aliphatic rings. The minimum atomic E-state index is -0.856. The van der Waals surface area contributed by atoms with Crippen LogP contribution in [0.1, 0.15) is 39.0 Å². The molecule has 1 unspecified atom stereocenters. The first-order valence-corrected chi connectivity index (χ1v) is 8.06. The third-order valence-electron chi connectivity index (χ3n) is 5.06. The highest BCUT2D eigenvalue weighted by Crippen LogP contribution is 2.41. The van der Waals surface area contributed by atoms with Gasteiger partial charge in [0.15, 0.2) is 0 Å². The highest BCUT2D eigenvalue weighted by atomic mass is 16.2. The van der Waals surface area contributed by atoms with Crippen molar-refractivity contribution < 1.29 is 9.59 Å². The quantitative estimate of drug-likeness (QED) is 0.733. The number of hydrogen-bond acceptors (Lipinski definition) is 4. The summed E-state index contributed by atoms with van der Waals surface area (Å²) in [6, 6.07) is 0.0405. The minimum absolute atomic E-state index is 0.0405. The van der Waals surface area contributed by atoms with Gasteiger partial charge in [-0.3, -0.25) is 14.5 Å². The minimum Gasteiger partial charge on any atom is -0.314 e. The maximum absolute atomic E-state index is 12.5. The van der Waals surface area contributed by atoms with Gasteiger partial charge in [0.1, 0.15) is 11.3 Å². The number of amides is 2. The second-order valence-corrected chi connectivity index (χ2v) is 6.26. The molecule has 3 rings (SSSR count). The zero-order chi connectivity index (χ0) is 14.9. The molecule has 2 fully saturated rings. The molecule has 1 atom stereocenters. The maximum Gasteiger partial charge on any atom is 0.263 e. The predicted molar refractivity (Wildman–Crippen MR) is 80.0 cm³/mol. The number of carbonyl (C=O) groups excluding carboxylic acids is 2. The van der Waals surface area contributed by atoms with E-state index < -0.39 is 5.41 Å². The van der Waals surface area contributed by atoms with Crippen molar-refractivity contribution in [2.45, 2.75) is 45.1 Å². The molecule has 2 aliphatic heterocycles. The molecule has 1 spiro atoms. The van der Waals surface area contributed by atoms with Gasteiger partial charge in [-0.15, -0.1) is 0 Å². The first kappa shape index (κ1) is 14.7. The molecular weight excluding hydrogens is 268 g/mol. The second-order valence-electron chi connectivity index (χ2n) is 6.26. The number of nitrogens with one attached hydrogen (secondary N) is 2. The Morgan fingerprint density at radius 1 is 1.24 bits per heavy atom. The van der Waals surface area contributed by atoms with E-state index in [2.05, 4.69) is 27.4 Å². The van der Waals surface area contributed by atoms with E-state index in [-0.39, 0.29) is 17.9 Å². The highest BCUT2D eigenvalue weighted by molar-refractivity contribution is 6.20. The Balaban J connectivity index is 1.81. The Kier molecular flexibility index (Phi) is 4.08. The van der Waals surface area contributed by atoms with E-state index in [4.69, 9.17) is 0 Å². The smallest absolute Gasteiger partial charge is 0.263 e. The van der Waals surface area contributed by atoms with E-state index in [0.29, 0.717) is 18.7 Å². The number of carbonyl (C=O) groups is 2. The first-order chi connectivity index (χ1) is 10.2. The summed E-state index contributed by atoms with van der Waals surface area (Å²) in [4.78, 5) is 31.6. The third kappa shape index (κ3) is 2.51. The number of amidine groups is 1. The lowest BCUT2D eigenvalue weighted by molar-refractivity contribution is -0.141. The van der Waals surface area contributed by atoms with Crippen molar-refractivity contribution in [2.75, 3.05) is 26.2 Å². The molecule has 1 aliphatic carbocycles. The van der Waals surface area contributed by atoms with Crippen molar-refractivity contribution in [3.8, 4) is 0 Å². The summed E-state index contributed by atoms with van der Waals surface area (Å²) >= 11 is 0. The van der Waals surface area contributed by atoms with E-state index in [1.165, 1.54) is 0 Å². The van der Waals surface area contributed by atoms with Crippen LogP contribution in [-0.2, 0) is 9.59 Å². The topological polar surface area (TPSA) is 73.8 Å². The van der Waals surface area contributed by atoms with Crippen molar-refractivity contribution in [1.29, 1.82) is 0 Å². The lowest BCUT2D eigenvalue weighted by atomic mass is 9.83. The molecule has 6 nitrogen and oxygen atoms in total. The SMILES string of the molecule is CCC(C1=NC(=O)C2(CCCC2)C(=O)N1)N1CCNCC1. The van der Waals surface area contributed by atoms with Gasteiger partial charge in [-0.2, -0.15) is 4.99 Å². The van der Waals surface area contributed by atoms with Crippen molar-refractivity contribution in [3.63, 3.8) is 0 Å². The van der Waals surface area contributed by atoms with Gasteiger partial charge in [-0.1, -0.05) is 19.8 Å². The number of rotatable bonds is 3. The Hall–Kier alpha value is -1.27. The van der Waals surface area contributed by atoms with Crippen LogP contribution in [0.4, 0.5) is 0 Å². The van der Waals surface area contributed by atoms with E-state index in [1.54, 1.807) is 0 Å². The molecule has 0 bridgehead atoms. The van der Waals surface area contributed by atoms with Gasteiger partial charge in [-0.05, 0) is 19.3 Å². The summed E-state index contributed by atoms with van der Waals surface area (Å²) < 4.78 is 0. The van der Waals surface area contributed by atoms with Crippen LogP contribution < -0.4 is 10.6 Å². The number of hydrogen-bond donors (Lipinski definition) is 2. The average molecular weight is 292 g/mol. The lowest BCUT2D eigenvalue weighted by Gasteiger charge is -2.37. The molecule has 1 saturated heterocycles. The number of nitrogens with zero attached hydrogens (tertiary/aromatic N) is 2. The van der Waals surface area contributed by atoms with Crippen LogP contribution in [0.5, 0.6) is 0 Å². The summed E-state index contributed by atoms with van der Waals surface area (Å²) in [6.45, 7) is 5.80. The normalized spacial score (nSPS) is 27.6. The Morgan fingerprint density at radius 2 is 1.90 bits per heavy atom. The molecular formula is C15H24N4O2. The van der Waals surface area contributed by atoms with Crippen LogP contribution in [0.25, 0.3) is 0 Å². The van der Waals surface area contributed by atoms with Crippen molar-refractivity contribution >= 4 is 17.6 Å². The van der Waals surface area contributed by atoms with Crippen molar-refractivity contribution in [2.24, 2.45) is 10.4 Å². The molecule has 21 heavy (non-hydrogen) atoms. The molecule has 116 valence electrons. The zero-order valence-corrected chi connectivity index (χ0v) is 12.7. The molecule has 2 amide bonds. The molecule has 0 radical (unpaired) electrons. The van der Waals surface area contributed by atoms with E-state index in [1.807, 2.05) is 0 Å². The molecule has 6 heteroatoms. The third-order valence-corrected chi connectivity index (χ3v) is 5.06. The summed E-state index contributed by atoms with van der Waals surface area (Å²) in [7, 11) is 0. The molecule has 2 heterocycles. The largest absolute Gasteiger partial charge is 0.314 e. The predicted octanol–water partition coefficient (Wildman–Crippen LogP) is 0.286. The van der Waals surface area contributed by atoms with Crippen LogP contribution >= 0.6 is 0 Å². The van der Waals surface area contributed by atoms with Crippen LogP contribution in [0.3, 0.4) is 0 Å². The summed E-state index contributed by atoms with van der Waals surface area (Å²) in [5.41, 5.74) is -0.856. The van der Waals surface area contributed by atoms with E-state index in [9.17, 15) is 9.59 Å². The van der Waals surface area contributed by atoms with Gasteiger partial charge in [0.2, 0.25) is 5.91 Å². The van der Waals surface area contributed by atoms with Crippen LogP contribution in [-0.4, -0.2) is 54.8 Å². The summed E-state index contributed by atoms with van der Waals surface area (Å²) in [6.07, 6.45) is 4.04. The molecule has 1 saturated carbocycles. The first-order valence-electron chi connectivity index (χ1n) is 8.06. The van der Waals surface area contributed by atoms with E-state index >= 15 is 0 Å². The Labute approximate surface area is 125 Å². The second kappa shape index (κ2) is 5.85. The average Bonchev–Trinajstić information content (AvgIpc) is 2.98. The van der Waals surface area contributed by atoms with E-state index in [0.717, 1.165) is 45.4 Å². The molecule has 0 aromatic carbocycles. The van der Waals surface area contributed by atoms with Crippen LogP contribution in [0.15, 0.2) is 4.99 Å². The van der Waals surface area contributed by atoms with Gasteiger partial charge < -0.3 is 10.6 Å². The zero-order valence-electron chi connectivity index (χ0n) is 12.7. The van der Waals surface area contributed by atoms with Gasteiger partial charge >= 0.3 is 0 Å². The standard InChI is InChI=1S/C15H24N4O2/c1-2-11(19-9-7-16-8-10-19)12-17-13(20)15(14(21)18-12)5-3-4-6-15/h11,16H,2-10H2,1H3,(H,17,18,20,21). The maximum atomic E-state index is 12.5. The van der Waals surface area contributed by atoms with Gasteiger partial charge in [-0.25, -0.2) is 0 Å². The molecule has 0 aromatic rings. The number of piperazine rings is 1. The fourth-order valence-corrected chi connectivity index (χ4v) is 3.77. The highest BCUT2D eigenvalue weighted by Gasteiger charge is 2.51. The van der Waals surface area contributed by atoms with Crippen molar-refractivity contribution in [3.05, 3.63) is 0 Å². The van der Waals surface area contributed by atoms with Crippen LogP contribution in [0, 0.1) is 5.41 Å². The van der Waals surface area contributed by atoms with Crippen molar-refractivity contribution in [1.82, 2.24) is 15.5 Å². The monoisotopic (exact) mass is 292 g/mol. The summed E-state index contributed by atoms with van der Waals surface area (Å²) in [5, 5.41) is 6.27. The Bertz CT molecular complexity index is 462. The van der Waals surface area contributed by atoms with Gasteiger partial charge in [0, 0.05) is 26.2 Å². The Morgan fingerprint density at radius 3 is 2.48 bits per heavy atom. The summed E-state index contributed by atoms with van der Waals surface area (Å²) in [5.74, 6) is 0.225. The fourth-order valence-electron chi connectivity index (χ4n) is 3.77. The van der Waals surface area contributed by atoms with Gasteiger partial charge in [0.05, 0.1) is 6.04 Å². The van der Waals surface area contributed by atoms with Gasteiger partial charge in [0.25, 0.3) is 5.91 Å². The van der Waals surface area contributed by atoms with Crippen LogP contribution in [0.2, 0.25) is 0 Å². The molecule has 0 aromatic heterocycles.